The highest BCUT2D eigenvalue weighted by Gasteiger charge is 2.23. The summed E-state index contributed by atoms with van der Waals surface area (Å²) in [5.74, 6) is 0.0563. The van der Waals surface area contributed by atoms with E-state index >= 15 is 0 Å². The summed E-state index contributed by atoms with van der Waals surface area (Å²) in [7, 11) is 0. The van der Waals surface area contributed by atoms with Crippen molar-refractivity contribution in [1.82, 2.24) is 0 Å². The van der Waals surface area contributed by atoms with Crippen molar-refractivity contribution in [2.45, 2.75) is 32.3 Å². The second kappa shape index (κ2) is 11.4. The van der Waals surface area contributed by atoms with Crippen LogP contribution < -0.4 is 10.1 Å². The van der Waals surface area contributed by atoms with E-state index in [0.717, 1.165) is 41.7 Å². The van der Waals surface area contributed by atoms with Crippen molar-refractivity contribution in [3.05, 3.63) is 83.1 Å². The van der Waals surface area contributed by atoms with Crippen LogP contribution in [0.4, 0.5) is 5.00 Å². The molecule has 1 aliphatic rings. The van der Waals surface area contributed by atoms with E-state index in [9.17, 15) is 15.3 Å². The Morgan fingerprint density at radius 2 is 1.83 bits per heavy atom. The normalized spacial score (nSPS) is 12.9. The van der Waals surface area contributed by atoms with Gasteiger partial charge in [-0.25, -0.2) is 0 Å². The third-order valence-corrected chi connectivity index (χ3v) is 8.14. The van der Waals surface area contributed by atoms with Crippen LogP contribution in [0.1, 0.15) is 40.0 Å². The molecule has 0 unspecified atom stereocenters. The summed E-state index contributed by atoms with van der Waals surface area (Å²) in [5, 5.41) is 23.2. The topological polar surface area (TPSA) is 85.9 Å². The molecule has 4 rings (SSSR count). The van der Waals surface area contributed by atoms with Crippen LogP contribution >= 0.6 is 54.8 Å². The van der Waals surface area contributed by atoms with Crippen LogP contribution in [0.3, 0.4) is 0 Å². The molecule has 1 amide bonds. The van der Waals surface area contributed by atoms with Crippen LogP contribution in [0.2, 0.25) is 5.02 Å². The number of hydrogen-bond donors (Lipinski definition) is 1. The summed E-state index contributed by atoms with van der Waals surface area (Å²) >= 11 is 14.4. The molecule has 3 aromatic rings. The highest BCUT2D eigenvalue weighted by molar-refractivity contribution is 9.11. The third kappa shape index (κ3) is 5.97. The number of amides is 1. The van der Waals surface area contributed by atoms with Gasteiger partial charge in [0.2, 0.25) is 0 Å². The molecule has 1 aromatic heterocycles. The smallest absolute Gasteiger partial charge is 0.266 e. The van der Waals surface area contributed by atoms with Crippen LogP contribution in [0.5, 0.6) is 5.75 Å². The Balaban J connectivity index is 1.52. The van der Waals surface area contributed by atoms with Crippen molar-refractivity contribution in [1.29, 1.82) is 10.5 Å². The van der Waals surface area contributed by atoms with E-state index in [1.807, 2.05) is 18.2 Å². The summed E-state index contributed by atoms with van der Waals surface area (Å²) in [6.07, 6.45) is 5.39. The maximum absolute atomic E-state index is 12.9. The van der Waals surface area contributed by atoms with Crippen molar-refractivity contribution in [2.24, 2.45) is 0 Å². The number of hydrogen-bond acceptors (Lipinski definition) is 5. The molecule has 5 nitrogen and oxygen atoms in total. The molecule has 0 saturated carbocycles. The number of carbonyl (C=O) groups excluding carboxylic acids is 1. The second-order valence-electron chi connectivity index (χ2n) is 7.88. The number of ether oxygens (including phenoxy) is 1. The van der Waals surface area contributed by atoms with Crippen molar-refractivity contribution >= 4 is 71.8 Å². The summed E-state index contributed by atoms with van der Waals surface area (Å²) in [4.78, 5) is 14.0. The molecule has 35 heavy (non-hydrogen) atoms. The minimum atomic E-state index is -0.544. The highest BCUT2D eigenvalue weighted by Crippen LogP contribution is 2.38. The zero-order valence-electron chi connectivity index (χ0n) is 18.3. The summed E-state index contributed by atoms with van der Waals surface area (Å²) < 4.78 is 7.28. The molecule has 0 aliphatic heterocycles. The van der Waals surface area contributed by atoms with Gasteiger partial charge < -0.3 is 10.1 Å². The van der Waals surface area contributed by atoms with Crippen LogP contribution in [-0.2, 0) is 24.2 Å². The largest absolute Gasteiger partial charge is 0.487 e. The summed E-state index contributed by atoms with van der Waals surface area (Å²) in [5.41, 5.74) is 3.09. The third-order valence-electron chi connectivity index (χ3n) is 5.50. The summed E-state index contributed by atoms with van der Waals surface area (Å²) in [6, 6.07) is 15.1. The molecule has 2 aromatic carbocycles. The number of thiophene rings is 1. The first-order valence-corrected chi connectivity index (χ1v) is 13.5. The molecular weight excluding hydrogens is 614 g/mol. The molecule has 1 heterocycles. The van der Waals surface area contributed by atoms with Crippen molar-refractivity contribution in [3.63, 3.8) is 0 Å². The molecule has 176 valence electrons. The van der Waals surface area contributed by atoms with Gasteiger partial charge in [0.15, 0.2) is 0 Å². The number of nitriles is 2. The van der Waals surface area contributed by atoms with Gasteiger partial charge in [0, 0.05) is 9.90 Å². The van der Waals surface area contributed by atoms with Gasteiger partial charge in [0.25, 0.3) is 5.91 Å². The lowest BCUT2D eigenvalue weighted by molar-refractivity contribution is -0.112. The Morgan fingerprint density at radius 3 is 2.49 bits per heavy atom. The van der Waals surface area contributed by atoms with Crippen LogP contribution in [0.15, 0.2) is 50.9 Å². The van der Waals surface area contributed by atoms with Gasteiger partial charge in [-0.1, -0.05) is 23.7 Å². The van der Waals surface area contributed by atoms with Crippen LogP contribution in [0.25, 0.3) is 6.08 Å². The predicted octanol–water partition coefficient (Wildman–Crippen LogP) is 7.80. The zero-order valence-corrected chi connectivity index (χ0v) is 23.1. The molecule has 1 N–H and O–H groups in total. The zero-order chi connectivity index (χ0) is 24.9. The Hall–Kier alpha value is -2.62. The number of nitrogens with zero attached hydrogens (tertiary/aromatic N) is 2. The monoisotopic (exact) mass is 629 g/mol. The molecule has 0 radical (unpaired) electrons. The Bertz CT molecular complexity index is 1380. The number of halogens is 3. The standard InChI is InChI=1S/C26H18Br2ClN3O2S/c27-21-10-16(11-22(28)24(21)34-14-15-5-7-18(29)8-6-15)9-17(12-30)25(33)32-26-20(13-31)19-3-1-2-4-23(19)35-26/h5-11H,1-4,14H2,(H,32,33)/b17-9+. The van der Waals surface area contributed by atoms with E-state index in [1.54, 1.807) is 24.3 Å². The highest BCUT2D eigenvalue weighted by atomic mass is 79.9. The van der Waals surface area contributed by atoms with Crippen molar-refractivity contribution in [3.8, 4) is 17.9 Å². The lowest BCUT2D eigenvalue weighted by Gasteiger charge is -2.12. The maximum Gasteiger partial charge on any atom is 0.266 e. The molecule has 9 heteroatoms. The first kappa shape index (κ1) is 25.5. The minimum absolute atomic E-state index is 0.0612. The van der Waals surface area contributed by atoms with E-state index in [1.165, 1.54) is 17.4 Å². The molecule has 1 aliphatic carbocycles. The molecule has 0 spiro atoms. The summed E-state index contributed by atoms with van der Waals surface area (Å²) in [6.45, 7) is 0.349. The van der Waals surface area contributed by atoms with Gasteiger partial charge in [-0.15, -0.1) is 11.3 Å². The predicted molar refractivity (Wildman–Crippen MR) is 146 cm³/mol. The number of nitrogens with one attached hydrogen (secondary N) is 1. The van der Waals surface area contributed by atoms with E-state index in [4.69, 9.17) is 16.3 Å². The average molecular weight is 632 g/mol. The minimum Gasteiger partial charge on any atom is -0.487 e. The number of carbonyl (C=O) groups is 1. The lowest BCUT2D eigenvalue weighted by Crippen LogP contribution is -2.13. The van der Waals surface area contributed by atoms with Crippen LogP contribution in [0, 0.1) is 22.7 Å². The molecule has 0 saturated heterocycles. The fraction of sp³-hybridized carbons (Fsp3) is 0.192. The van der Waals surface area contributed by atoms with Gasteiger partial charge in [-0.2, -0.15) is 10.5 Å². The van der Waals surface area contributed by atoms with Crippen molar-refractivity contribution in [2.75, 3.05) is 5.32 Å². The number of benzene rings is 2. The van der Waals surface area contributed by atoms with Gasteiger partial charge in [0.1, 0.15) is 35.1 Å². The van der Waals surface area contributed by atoms with Crippen molar-refractivity contribution < 1.29 is 9.53 Å². The van der Waals surface area contributed by atoms with Gasteiger partial charge in [0.05, 0.1) is 14.5 Å². The fourth-order valence-corrected chi connectivity index (χ4v) is 6.61. The van der Waals surface area contributed by atoms with Gasteiger partial charge in [-0.05, 0) is 105 Å². The molecular formula is C26H18Br2ClN3O2S. The second-order valence-corrected chi connectivity index (χ2v) is 11.1. The SMILES string of the molecule is N#C/C(=C\c1cc(Br)c(OCc2ccc(Cl)cc2)c(Br)c1)C(=O)Nc1sc2c(c1C#N)CCCC2. The van der Waals surface area contributed by atoms with Gasteiger partial charge in [-0.3, -0.25) is 4.79 Å². The number of fused-ring (bicyclic) bond motifs is 1. The Labute approximate surface area is 229 Å². The van der Waals surface area contributed by atoms with E-state index in [2.05, 4.69) is 43.2 Å². The maximum atomic E-state index is 12.9. The quantitative estimate of drug-likeness (QED) is 0.222. The molecule has 0 fully saturated rings. The fourth-order valence-electron chi connectivity index (χ4n) is 3.79. The Kier molecular flexibility index (Phi) is 8.30. The number of rotatable bonds is 6. The molecule has 0 atom stereocenters. The first-order valence-electron chi connectivity index (χ1n) is 10.7. The Morgan fingerprint density at radius 1 is 1.14 bits per heavy atom. The number of aryl methyl sites for hydroxylation is 1. The van der Waals surface area contributed by atoms with E-state index in [-0.39, 0.29) is 5.57 Å². The average Bonchev–Trinajstić information content (AvgIpc) is 3.19. The van der Waals surface area contributed by atoms with Crippen LogP contribution in [-0.4, -0.2) is 5.91 Å². The number of anilines is 1. The van der Waals surface area contributed by atoms with Gasteiger partial charge >= 0.3 is 0 Å². The molecule has 0 bridgehead atoms. The van der Waals surface area contributed by atoms with E-state index in [0.29, 0.717) is 42.5 Å². The van der Waals surface area contributed by atoms with E-state index < -0.39 is 5.91 Å². The lowest BCUT2D eigenvalue weighted by atomic mass is 9.96. The first-order chi connectivity index (χ1) is 16.9.